The van der Waals surface area contributed by atoms with Crippen LogP contribution in [0.4, 0.5) is 17.6 Å². The third-order valence-electron chi connectivity index (χ3n) is 6.46. The first-order chi connectivity index (χ1) is 15.6. The number of nitrogens with zero attached hydrogens (tertiary/aromatic N) is 7. The van der Waals surface area contributed by atoms with Gasteiger partial charge in [0, 0.05) is 50.9 Å². The highest BCUT2D eigenvalue weighted by Crippen LogP contribution is 2.25. The van der Waals surface area contributed by atoms with E-state index in [9.17, 15) is 4.79 Å². The lowest BCUT2D eigenvalue weighted by molar-refractivity contribution is -0.128. The number of fused-ring (bicyclic) bond motifs is 1. The molecule has 2 saturated heterocycles. The van der Waals surface area contributed by atoms with Crippen molar-refractivity contribution < 1.29 is 4.79 Å². The van der Waals surface area contributed by atoms with E-state index in [1.807, 2.05) is 23.4 Å². The molecule has 9 heteroatoms. The van der Waals surface area contributed by atoms with Crippen LogP contribution in [-0.4, -0.2) is 61.5 Å². The summed E-state index contributed by atoms with van der Waals surface area (Å²) in [6.45, 7) is 7.92. The zero-order valence-corrected chi connectivity index (χ0v) is 18.7. The van der Waals surface area contributed by atoms with Gasteiger partial charge >= 0.3 is 0 Å². The zero-order chi connectivity index (χ0) is 22.1. The van der Waals surface area contributed by atoms with E-state index in [1.165, 1.54) is 0 Å². The van der Waals surface area contributed by atoms with Gasteiger partial charge in [-0.15, -0.1) is 0 Å². The number of carbonyl (C=O) groups excluding carboxylic acids is 1. The van der Waals surface area contributed by atoms with Crippen molar-refractivity contribution in [2.75, 3.05) is 36.4 Å². The molecule has 2 fully saturated rings. The molecule has 1 amide bonds. The first kappa shape index (κ1) is 20.7. The van der Waals surface area contributed by atoms with Crippen LogP contribution in [0.3, 0.4) is 0 Å². The summed E-state index contributed by atoms with van der Waals surface area (Å²) < 4.78 is 2.13. The van der Waals surface area contributed by atoms with Gasteiger partial charge in [-0.2, -0.15) is 4.98 Å². The number of hydrogen-bond acceptors (Lipinski definition) is 7. The molecule has 3 aromatic rings. The summed E-state index contributed by atoms with van der Waals surface area (Å²) in [7, 11) is 0. The maximum absolute atomic E-state index is 11.9. The number of amides is 1. The summed E-state index contributed by atoms with van der Waals surface area (Å²) in [5.74, 6) is 3.08. The molecule has 2 aliphatic heterocycles. The topological polar surface area (TPSA) is 92.1 Å². The first-order valence-electron chi connectivity index (χ1n) is 11.5. The lowest BCUT2D eigenvalue weighted by atomic mass is 9.96. The largest absolute Gasteiger partial charge is 0.342 e. The minimum Gasteiger partial charge on any atom is -0.342 e. The Morgan fingerprint density at radius 1 is 1.12 bits per heavy atom. The average Bonchev–Trinajstić information content (AvgIpc) is 3.40. The van der Waals surface area contributed by atoms with Crippen LogP contribution >= 0.6 is 0 Å². The molecule has 5 rings (SSSR count). The van der Waals surface area contributed by atoms with E-state index in [-0.39, 0.29) is 0 Å². The fourth-order valence-electron chi connectivity index (χ4n) is 4.64. The van der Waals surface area contributed by atoms with Crippen molar-refractivity contribution in [3.63, 3.8) is 0 Å². The van der Waals surface area contributed by atoms with Crippen LogP contribution in [0, 0.1) is 5.92 Å². The van der Waals surface area contributed by atoms with Gasteiger partial charge in [-0.05, 0) is 45.1 Å². The minimum absolute atomic E-state index is 0.317. The minimum atomic E-state index is 0.317. The Balaban J connectivity index is 1.24. The maximum atomic E-state index is 11.9. The molecule has 3 aromatic heterocycles. The Morgan fingerprint density at radius 2 is 1.97 bits per heavy atom. The molecule has 9 nitrogen and oxygen atoms in total. The van der Waals surface area contributed by atoms with Gasteiger partial charge in [0.15, 0.2) is 0 Å². The van der Waals surface area contributed by atoms with Crippen LogP contribution in [0.5, 0.6) is 0 Å². The number of carbonyl (C=O) groups is 1. The first-order valence-corrected chi connectivity index (χ1v) is 11.5. The zero-order valence-electron chi connectivity index (χ0n) is 18.7. The highest BCUT2D eigenvalue weighted by Gasteiger charge is 2.27. The average molecular weight is 435 g/mol. The monoisotopic (exact) mass is 434 g/mol. The molecule has 0 saturated carbocycles. The number of likely N-dealkylation sites (tertiary alicyclic amines) is 1. The second-order valence-corrected chi connectivity index (χ2v) is 9.04. The van der Waals surface area contributed by atoms with Gasteiger partial charge in [-0.25, -0.2) is 15.0 Å². The van der Waals surface area contributed by atoms with E-state index in [0.717, 1.165) is 74.1 Å². The molecule has 0 unspecified atom stereocenters. The molecule has 5 heterocycles. The fraction of sp³-hybridized carbons (Fsp3) is 0.522. The number of pyridine rings is 1. The number of rotatable bonds is 6. The highest BCUT2D eigenvalue weighted by atomic mass is 16.2. The lowest BCUT2D eigenvalue weighted by Crippen LogP contribution is -2.39. The summed E-state index contributed by atoms with van der Waals surface area (Å²) >= 11 is 0. The summed E-state index contributed by atoms with van der Waals surface area (Å²) in [5.41, 5.74) is 1.93. The molecule has 0 aromatic carbocycles. The molecular weight excluding hydrogens is 404 g/mol. The Labute approximate surface area is 187 Å². The van der Waals surface area contributed by atoms with Gasteiger partial charge in [0.25, 0.3) is 0 Å². The van der Waals surface area contributed by atoms with E-state index in [0.29, 0.717) is 24.3 Å². The molecule has 0 bridgehead atoms. The van der Waals surface area contributed by atoms with Crippen molar-refractivity contribution in [1.29, 1.82) is 0 Å². The predicted octanol–water partition coefficient (Wildman–Crippen LogP) is 3.38. The number of piperidine rings is 1. The van der Waals surface area contributed by atoms with Crippen LogP contribution in [0.25, 0.3) is 11.0 Å². The molecule has 0 aliphatic carbocycles. The van der Waals surface area contributed by atoms with Crippen molar-refractivity contribution in [3.05, 3.63) is 30.9 Å². The second kappa shape index (κ2) is 8.72. The fourth-order valence-corrected chi connectivity index (χ4v) is 4.64. The Kier molecular flexibility index (Phi) is 5.63. The SMILES string of the molecule is CC(C)n1cnc2cnc(Nc3ccnc(N4CCC(CN5CCCC5=O)CC4)n3)cc21. The molecule has 1 N–H and O–H groups in total. The van der Waals surface area contributed by atoms with E-state index >= 15 is 0 Å². The predicted molar refractivity (Wildman–Crippen MR) is 124 cm³/mol. The van der Waals surface area contributed by atoms with Crippen LogP contribution in [-0.2, 0) is 4.79 Å². The molecule has 0 radical (unpaired) electrons. The number of imidazole rings is 1. The summed E-state index contributed by atoms with van der Waals surface area (Å²) in [4.78, 5) is 34.3. The normalized spacial score (nSPS) is 17.7. The van der Waals surface area contributed by atoms with Crippen molar-refractivity contribution >= 4 is 34.5 Å². The molecule has 32 heavy (non-hydrogen) atoms. The van der Waals surface area contributed by atoms with E-state index < -0.39 is 0 Å². The van der Waals surface area contributed by atoms with Crippen molar-refractivity contribution in [2.24, 2.45) is 5.92 Å². The lowest BCUT2D eigenvalue weighted by Gasteiger charge is -2.33. The van der Waals surface area contributed by atoms with Gasteiger partial charge in [-0.3, -0.25) is 4.79 Å². The molecule has 0 spiro atoms. The van der Waals surface area contributed by atoms with Crippen molar-refractivity contribution in [2.45, 2.75) is 45.6 Å². The molecule has 168 valence electrons. The van der Waals surface area contributed by atoms with Crippen LogP contribution < -0.4 is 10.2 Å². The second-order valence-electron chi connectivity index (χ2n) is 9.04. The third-order valence-corrected chi connectivity index (χ3v) is 6.46. The van der Waals surface area contributed by atoms with Crippen LogP contribution in [0.15, 0.2) is 30.9 Å². The van der Waals surface area contributed by atoms with Crippen LogP contribution in [0.1, 0.15) is 45.6 Å². The van der Waals surface area contributed by atoms with Crippen molar-refractivity contribution in [3.8, 4) is 0 Å². The summed E-state index contributed by atoms with van der Waals surface area (Å²) in [6, 6.07) is 4.20. The summed E-state index contributed by atoms with van der Waals surface area (Å²) in [6.07, 6.45) is 9.27. The molecule has 2 aliphatic rings. The summed E-state index contributed by atoms with van der Waals surface area (Å²) in [5, 5.41) is 3.32. The van der Waals surface area contributed by atoms with Crippen molar-refractivity contribution in [1.82, 2.24) is 29.4 Å². The molecule has 0 atom stereocenters. The van der Waals surface area contributed by atoms with E-state index in [1.54, 1.807) is 12.4 Å². The number of nitrogens with one attached hydrogen (secondary N) is 1. The highest BCUT2D eigenvalue weighted by molar-refractivity contribution is 5.78. The van der Waals surface area contributed by atoms with E-state index in [4.69, 9.17) is 4.98 Å². The maximum Gasteiger partial charge on any atom is 0.227 e. The Hall–Kier alpha value is -3.23. The van der Waals surface area contributed by atoms with Gasteiger partial charge < -0.3 is 19.7 Å². The van der Waals surface area contributed by atoms with Crippen LogP contribution in [0.2, 0.25) is 0 Å². The standard InChI is InChI=1S/C23H30N8O/c1-16(2)31-15-26-18-13-25-21(12-19(18)31)27-20-5-8-24-23(28-20)29-10-6-17(7-11-29)14-30-9-3-4-22(30)32/h5,8,12-13,15-17H,3-4,6-7,9-11,14H2,1-2H3,(H,24,25,27,28). The Bertz CT molecular complexity index is 1100. The number of aromatic nitrogens is 5. The quantitative estimate of drug-likeness (QED) is 0.636. The van der Waals surface area contributed by atoms with Gasteiger partial charge in [0.05, 0.1) is 18.0 Å². The van der Waals surface area contributed by atoms with Gasteiger partial charge in [0.1, 0.15) is 17.2 Å². The molecular formula is C23H30N8O. The van der Waals surface area contributed by atoms with E-state index in [2.05, 4.69) is 43.6 Å². The van der Waals surface area contributed by atoms with Gasteiger partial charge in [0.2, 0.25) is 11.9 Å². The third kappa shape index (κ3) is 4.24. The Morgan fingerprint density at radius 3 is 2.72 bits per heavy atom. The number of hydrogen-bond donors (Lipinski definition) is 1. The van der Waals surface area contributed by atoms with Gasteiger partial charge in [-0.1, -0.05) is 0 Å². The number of anilines is 3. The smallest absolute Gasteiger partial charge is 0.227 e.